The molecule has 6 nitrogen and oxygen atoms in total. The van der Waals surface area contributed by atoms with Crippen molar-refractivity contribution in [3.05, 3.63) is 66.2 Å². The lowest BCUT2D eigenvalue weighted by atomic mass is 10.2. The fourth-order valence-corrected chi connectivity index (χ4v) is 2.96. The van der Waals surface area contributed by atoms with E-state index in [2.05, 4.69) is 9.99 Å². The van der Waals surface area contributed by atoms with Gasteiger partial charge in [-0.3, -0.25) is 4.84 Å². The highest BCUT2D eigenvalue weighted by molar-refractivity contribution is 8.07. The summed E-state index contributed by atoms with van der Waals surface area (Å²) in [7, 11) is -3.93. The highest BCUT2D eigenvalue weighted by Gasteiger charge is 2.25. The molecule has 0 aliphatic heterocycles. The van der Waals surface area contributed by atoms with Crippen molar-refractivity contribution in [2.24, 2.45) is 10.9 Å². The van der Waals surface area contributed by atoms with Crippen LogP contribution in [0, 0.1) is 0 Å². The molecule has 0 unspecified atom stereocenters. The topological polar surface area (TPSA) is 98.8 Å². The normalized spacial score (nSPS) is 11.9. The quantitative estimate of drug-likeness (QED) is 0.405. The Morgan fingerprint density at radius 3 is 2.00 bits per heavy atom. The van der Waals surface area contributed by atoms with Crippen LogP contribution >= 0.6 is 0 Å². The summed E-state index contributed by atoms with van der Waals surface area (Å²) in [6.45, 7) is 0. The maximum Gasteiger partial charge on any atom is 0.430 e. The zero-order valence-corrected chi connectivity index (χ0v) is 11.7. The molecule has 0 radical (unpaired) electrons. The van der Waals surface area contributed by atoms with E-state index < -0.39 is 15.9 Å². The van der Waals surface area contributed by atoms with Gasteiger partial charge in [-0.2, -0.15) is 0 Å². The Morgan fingerprint density at radius 2 is 1.48 bits per heavy atom. The molecule has 0 bridgehead atoms. The highest BCUT2D eigenvalue weighted by Crippen LogP contribution is 2.17. The first kappa shape index (κ1) is 14.7. The maximum absolute atomic E-state index is 12.6. The van der Waals surface area contributed by atoms with E-state index in [1.165, 1.54) is 12.1 Å². The lowest BCUT2D eigenvalue weighted by molar-refractivity contribution is 0.162. The van der Waals surface area contributed by atoms with Crippen LogP contribution < -0.4 is 5.73 Å². The van der Waals surface area contributed by atoms with Crippen molar-refractivity contribution < 1.29 is 18.0 Å². The zero-order valence-electron chi connectivity index (χ0n) is 10.8. The SMILES string of the molecule is NC(=O)ON=C(c1ccccc1)S(=O)(=O)c1ccccc1. The first-order valence-electron chi connectivity index (χ1n) is 5.92. The molecule has 0 heterocycles. The van der Waals surface area contributed by atoms with Gasteiger partial charge in [0.05, 0.1) is 4.90 Å². The van der Waals surface area contributed by atoms with Gasteiger partial charge in [0.2, 0.25) is 14.9 Å². The fourth-order valence-electron chi connectivity index (χ4n) is 1.64. The van der Waals surface area contributed by atoms with E-state index in [0.717, 1.165) is 0 Å². The average Bonchev–Trinajstić information content (AvgIpc) is 2.49. The van der Waals surface area contributed by atoms with E-state index in [4.69, 9.17) is 5.73 Å². The largest absolute Gasteiger partial charge is 0.430 e. The van der Waals surface area contributed by atoms with E-state index in [-0.39, 0.29) is 9.94 Å². The van der Waals surface area contributed by atoms with Gasteiger partial charge in [-0.15, -0.1) is 0 Å². The van der Waals surface area contributed by atoms with Crippen LogP contribution in [-0.2, 0) is 14.7 Å². The minimum absolute atomic E-state index is 0.0423. The summed E-state index contributed by atoms with van der Waals surface area (Å²) in [5, 5.41) is 3.01. The van der Waals surface area contributed by atoms with E-state index in [9.17, 15) is 13.2 Å². The molecule has 0 atom stereocenters. The van der Waals surface area contributed by atoms with Crippen LogP contribution in [0.4, 0.5) is 4.79 Å². The van der Waals surface area contributed by atoms with Gasteiger partial charge in [-0.05, 0) is 12.1 Å². The Balaban J connectivity index is 2.55. The number of amides is 1. The lowest BCUT2D eigenvalue weighted by Gasteiger charge is -2.07. The van der Waals surface area contributed by atoms with Crippen molar-refractivity contribution >= 4 is 21.0 Å². The van der Waals surface area contributed by atoms with Crippen molar-refractivity contribution in [3.63, 3.8) is 0 Å². The van der Waals surface area contributed by atoms with Crippen LogP contribution in [0.2, 0.25) is 0 Å². The van der Waals surface area contributed by atoms with E-state index in [0.29, 0.717) is 5.56 Å². The Bertz CT molecular complexity index is 756. The third-order valence-electron chi connectivity index (χ3n) is 2.55. The molecule has 0 aliphatic rings. The minimum atomic E-state index is -3.93. The van der Waals surface area contributed by atoms with Crippen LogP contribution in [0.1, 0.15) is 5.56 Å². The van der Waals surface area contributed by atoms with Gasteiger partial charge in [0.25, 0.3) is 0 Å². The number of oxime groups is 1. The summed E-state index contributed by atoms with van der Waals surface area (Å²) in [6, 6.07) is 15.8. The Kier molecular flexibility index (Phi) is 4.34. The van der Waals surface area contributed by atoms with Crippen molar-refractivity contribution in [1.82, 2.24) is 0 Å². The van der Waals surface area contributed by atoms with Crippen molar-refractivity contribution in [2.75, 3.05) is 0 Å². The highest BCUT2D eigenvalue weighted by atomic mass is 32.2. The molecule has 0 aliphatic carbocycles. The summed E-state index contributed by atoms with van der Waals surface area (Å²) in [5.41, 5.74) is 5.13. The number of carbonyl (C=O) groups excluding carboxylic acids is 1. The number of rotatable bonds is 3. The fraction of sp³-hybridized carbons (Fsp3) is 0. The number of nitrogens with zero attached hydrogens (tertiary/aromatic N) is 1. The molecule has 0 aromatic heterocycles. The summed E-state index contributed by atoms with van der Waals surface area (Å²) in [6.07, 6.45) is -1.19. The van der Waals surface area contributed by atoms with Crippen LogP contribution in [0.3, 0.4) is 0 Å². The van der Waals surface area contributed by atoms with Crippen LogP contribution in [0.15, 0.2) is 70.7 Å². The number of hydrogen-bond acceptors (Lipinski definition) is 5. The molecule has 0 fully saturated rings. The second-order valence-corrected chi connectivity index (χ2v) is 5.85. The van der Waals surface area contributed by atoms with Gasteiger partial charge in [0.15, 0.2) is 0 Å². The number of hydrogen-bond donors (Lipinski definition) is 1. The summed E-state index contributed by atoms with van der Waals surface area (Å²) in [4.78, 5) is 15.1. The van der Waals surface area contributed by atoms with Gasteiger partial charge < -0.3 is 5.73 Å². The molecule has 2 aromatic carbocycles. The molecule has 0 saturated heterocycles. The second-order valence-electron chi connectivity index (χ2n) is 3.99. The summed E-state index contributed by atoms with van der Waals surface area (Å²) >= 11 is 0. The maximum atomic E-state index is 12.6. The smallest absolute Gasteiger partial charge is 0.333 e. The summed E-state index contributed by atoms with van der Waals surface area (Å²) in [5.74, 6) is 0. The Morgan fingerprint density at radius 1 is 0.952 bits per heavy atom. The van der Waals surface area contributed by atoms with Crippen molar-refractivity contribution in [1.29, 1.82) is 0 Å². The standard InChI is InChI=1S/C14H12N2O4S/c15-14(17)20-16-13(11-7-3-1-4-8-11)21(18,19)12-9-5-2-6-10-12/h1-10H,(H2,15,17). The van der Waals surface area contributed by atoms with E-state index >= 15 is 0 Å². The molecule has 108 valence electrons. The Labute approximate surface area is 121 Å². The van der Waals surface area contributed by atoms with Crippen LogP contribution in [-0.4, -0.2) is 19.6 Å². The first-order chi connectivity index (χ1) is 10.0. The molecule has 2 N–H and O–H groups in total. The molecule has 7 heteroatoms. The number of nitrogens with two attached hydrogens (primary N) is 1. The minimum Gasteiger partial charge on any atom is -0.333 e. The monoisotopic (exact) mass is 304 g/mol. The molecule has 21 heavy (non-hydrogen) atoms. The number of primary amides is 1. The predicted molar refractivity (Wildman–Crippen MR) is 77.3 cm³/mol. The molecule has 2 rings (SSSR count). The lowest BCUT2D eigenvalue weighted by Crippen LogP contribution is -2.19. The van der Waals surface area contributed by atoms with Crippen molar-refractivity contribution in [2.45, 2.75) is 4.90 Å². The number of benzene rings is 2. The van der Waals surface area contributed by atoms with Crippen LogP contribution in [0.5, 0.6) is 0 Å². The molecule has 0 saturated carbocycles. The third kappa shape index (κ3) is 3.46. The molecule has 2 aromatic rings. The molecule has 0 spiro atoms. The molecular formula is C14H12N2O4S. The van der Waals surface area contributed by atoms with Gasteiger partial charge in [-0.25, -0.2) is 13.2 Å². The van der Waals surface area contributed by atoms with Gasteiger partial charge >= 0.3 is 6.09 Å². The Hall–Kier alpha value is -2.67. The van der Waals surface area contributed by atoms with Gasteiger partial charge in [0, 0.05) is 5.56 Å². The zero-order chi connectivity index (χ0) is 15.3. The number of sulfone groups is 1. The average molecular weight is 304 g/mol. The van der Waals surface area contributed by atoms with E-state index in [1.54, 1.807) is 48.5 Å². The van der Waals surface area contributed by atoms with Crippen molar-refractivity contribution in [3.8, 4) is 0 Å². The second kappa shape index (κ2) is 6.19. The summed E-state index contributed by atoms with van der Waals surface area (Å²) < 4.78 is 25.2. The third-order valence-corrected chi connectivity index (χ3v) is 4.26. The van der Waals surface area contributed by atoms with Crippen LogP contribution in [0.25, 0.3) is 0 Å². The molecular weight excluding hydrogens is 292 g/mol. The predicted octanol–water partition coefficient (Wildman–Crippen LogP) is 1.92. The van der Waals surface area contributed by atoms with Gasteiger partial charge in [-0.1, -0.05) is 53.7 Å². The molecule has 1 amide bonds. The number of carbonyl (C=O) groups is 1. The van der Waals surface area contributed by atoms with Gasteiger partial charge in [0.1, 0.15) is 0 Å². The van der Waals surface area contributed by atoms with E-state index in [1.807, 2.05) is 0 Å². The first-order valence-corrected chi connectivity index (χ1v) is 7.40.